The molecule has 5 heteroatoms. The summed E-state index contributed by atoms with van der Waals surface area (Å²) in [5.74, 6) is 0.901. The summed E-state index contributed by atoms with van der Waals surface area (Å²) in [5, 5.41) is 3.47. The predicted molar refractivity (Wildman–Crippen MR) is 78.9 cm³/mol. The van der Waals surface area contributed by atoms with E-state index in [2.05, 4.69) is 22.1 Å². The molecule has 1 aromatic heterocycles. The lowest BCUT2D eigenvalue weighted by Crippen LogP contribution is -2.41. The highest BCUT2D eigenvalue weighted by atomic mass is 32.1. The van der Waals surface area contributed by atoms with Crippen LogP contribution in [-0.4, -0.2) is 40.5 Å². The van der Waals surface area contributed by atoms with Gasteiger partial charge in [-0.25, -0.2) is 4.98 Å². The number of nitrogens with one attached hydrogen (secondary N) is 1. The normalized spacial score (nSPS) is 20.6. The first-order valence-electron chi connectivity index (χ1n) is 6.43. The molecule has 2 heterocycles. The van der Waals surface area contributed by atoms with E-state index in [9.17, 15) is 0 Å². The number of nitrogens with two attached hydrogens (primary N) is 1. The van der Waals surface area contributed by atoms with Gasteiger partial charge in [-0.3, -0.25) is 0 Å². The van der Waals surface area contributed by atoms with E-state index >= 15 is 0 Å². The Morgan fingerprint density at radius 3 is 3.06 bits per heavy atom. The third-order valence-electron chi connectivity index (χ3n) is 3.35. The zero-order chi connectivity index (χ0) is 13.0. The highest BCUT2D eigenvalue weighted by molar-refractivity contribution is 7.80. The van der Waals surface area contributed by atoms with Crippen LogP contribution >= 0.6 is 12.2 Å². The van der Waals surface area contributed by atoms with Gasteiger partial charge in [0.25, 0.3) is 0 Å². The van der Waals surface area contributed by atoms with Crippen molar-refractivity contribution in [3.8, 4) is 0 Å². The minimum Gasteiger partial charge on any atom is -0.389 e. The topological polar surface area (TPSA) is 54.2 Å². The number of rotatable bonds is 4. The molecule has 1 aliphatic heterocycles. The van der Waals surface area contributed by atoms with Gasteiger partial charge in [-0.2, -0.15) is 0 Å². The zero-order valence-electron chi connectivity index (χ0n) is 10.7. The van der Waals surface area contributed by atoms with E-state index in [1.54, 1.807) is 6.20 Å². The van der Waals surface area contributed by atoms with Crippen molar-refractivity contribution in [3.63, 3.8) is 0 Å². The molecule has 98 valence electrons. The molecule has 1 saturated heterocycles. The number of likely N-dealkylation sites (tertiary alicyclic amines) is 1. The van der Waals surface area contributed by atoms with Crippen LogP contribution in [0.4, 0.5) is 5.82 Å². The van der Waals surface area contributed by atoms with E-state index in [0.29, 0.717) is 11.0 Å². The molecule has 0 bridgehead atoms. The molecule has 2 rings (SSSR count). The molecule has 1 aliphatic rings. The predicted octanol–water partition coefficient (Wildman–Crippen LogP) is 1.61. The number of nitrogens with zero attached hydrogens (tertiary/aromatic N) is 2. The second-order valence-corrected chi connectivity index (χ2v) is 5.11. The quantitative estimate of drug-likeness (QED) is 0.809. The molecule has 0 aliphatic carbocycles. The molecule has 0 radical (unpaired) electrons. The molecule has 1 atom stereocenters. The maximum atomic E-state index is 5.55. The fraction of sp³-hybridized carbons (Fsp3) is 0.538. The lowest BCUT2D eigenvalue weighted by Gasteiger charge is -2.32. The molecule has 0 saturated carbocycles. The Hall–Kier alpha value is -1.20. The van der Waals surface area contributed by atoms with E-state index in [4.69, 9.17) is 18.0 Å². The van der Waals surface area contributed by atoms with Gasteiger partial charge in [0.1, 0.15) is 10.8 Å². The monoisotopic (exact) mass is 264 g/mol. The second kappa shape index (κ2) is 6.11. The summed E-state index contributed by atoms with van der Waals surface area (Å²) in [5.41, 5.74) is 6.36. The smallest absolute Gasteiger partial charge is 0.126 e. The van der Waals surface area contributed by atoms with Gasteiger partial charge in [-0.1, -0.05) is 19.1 Å². The van der Waals surface area contributed by atoms with Crippen molar-refractivity contribution in [2.45, 2.75) is 25.8 Å². The molecular weight excluding hydrogens is 244 g/mol. The van der Waals surface area contributed by atoms with E-state index in [0.717, 1.165) is 24.5 Å². The van der Waals surface area contributed by atoms with Crippen LogP contribution in [0, 0.1) is 0 Å². The Balaban J connectivity index is 1.94. The van der Waals surface area contributed by atoms with Gasteiger partial charge in [0.05, 0.1) is 0 Å². The Morgan fingerprint density at radius 2 is 2.44 bits per heavy atom. The fourth-order valence-corrected chi connectivity index (χ4v) is 2.42. The van der Waals surface area contributed by atoms with Crippen LogP contribution in [0.1, 0.15) is 25.3 Å². The minimum atomic E-state index is 0.392. The second-order valence-electron chi connectivity index (χ2n) is 4.67. The average Bonchev–Trinajstić information content (AvgIpc) is 2.39. The number of aromatic nitrogens is 1. The third-order valence-corrected chi connectivity index (χ3v) is 3.59. The Morgan fingerprint density at radius 1 is 1.61 bits per heavy atom. The van der Waals surface area contributed by atoms with Gasteiger partial charge < -0.3 is 16.0 Å². The van der Waals surface area contributed by atoms with Crippen molar-refractivity contribution in [2.24, 2.45) is 5.73 Å². The summed E-state index contributed by atoms with van der Waals surface area (Å²) in [4.78, 5) is 7.20. The van der Waals surface area contributed by atoms with Crippen LogP contribution in [0.5, 0.6) is 0 Å². The van der Waals surface area contributed by atoms with Gasteiger partial charge in [-0.15, -0.1) is 0 Å². The molecule has 1 aromatic rings. The molecule has 1 unspecified atom stereocenters. The number of piperidine rings is 1. The van der Waals surface area contributed by atoms with Gasteiger partial charge in [0.2, 0.25) is 0 Å². The van der Waals surface area contributed by atoms with Crippen LogP contribution in [-0.2, 0) is 0 Å². The number of hydrogen-bond donors (Lipinski definition) is 2. The largest absolute Gasteiger partial charge is 0.389 e. The van der Waals surface area contributed by atoms with Crippen molar-refractivity contribution < 1.29 is 0 Å². The van der Waals surface area contributed by atoms with Crippen molar-refractivity contribution in [3.05, 3.63) is 23.9 Å². The first-order chi connectivity index (χ1) is 8.69. The number of hydrogen-bond acceptors (Lipinski definition) is 4. The number of anilines is 1. The maximum Gasteiger partial charge on any atom is 0.126 e. The summed E-state index contributed by atoms with van der Waals surface area (Å²) in [6, 6.07) is 4.35. The van der Waals surface area contributed by atoms with Gasteiger partial charge in [-0.05, 0) is 38.1 Å². The first kappa shape index (κ1) is 13.2. The van der Waals surface area contributed by atoms with Crippen molar-refractivity contribution in [1.29, 1.82) is 0 Å². The van der Waals surface area contributed by atoms with Crippen LogP contribution in [0.25, 0.3) is 0 Å². The lowest BCUT2D eigenvalue weighted by molar-refractivity contribution is 0.226. The SMILES string of the molecule is CCN1CCCC(Nc2ccc(C(N)=S)cn2)C1. The first-order valence-corrected chi connectivity index (χ1v) is 6.84. The molecule has 0 spiro atoms. The van der Waals surface area contributed by atoms with E-state index in [1.807, 2.05) is 12.1 Å². The number of thiocarbonyl (C=S) groups is 1. The number of pyridine rings is 1. The van der Waals surface area contributed by atoms with Crippen molar-refractivity contribution >= 4 is 23.0 Å². The fourth-order valence-electron chi connectivity index (χ4n) is 2.29. The number of likely N-dealkylation sites (N-methyl/N-ethyl adjacent to an activating group) is 1. The van der Waals surface area contributed by atoms with Crippen LogP contribution in [0.3, 0.4) is 0 Å². The lowest BCUT2D eigenvalue weighted by atomic mass is 10.1. The highest BCUT2D eigenvalue weighted by Gasteiger charge is 2.18. The van der Waals surface area contributed by atoms with Crippen molar-refractivity contribution in [1.82, 2.24) is 9.88 Å². The minimum absolute atomic E-state index is 0.392. The van der Waals surface area contributed by atoms with Gasteiger partial charge in [0.15, 0.2) is 0 Å². The maximum absolute atomic E-state index is 5.55. The summed E-state index contributed by atoms with van der Waals surface area (Å²) < 4.78 is 0. The summed E-state index contributed by atoms with van der Waals surface area (Å²) in [7, 11) is 0. The van der Waals surface area contributed by atoms with Crippen LogP contribution in [0.15, 0.2) is 18.3 Å². The summed E-state index contributed by atoms with van der Waals surface area (Å²) in [6.07, 6.45) is 4.18. The molecule has 3 N–H and O–H groups in total. The Bertz CT molecular complexity index is 404. The van der Waals surface area contributed by atoms with E-state index in [1.165, 1.54) is 19.4 Å². The zero-order valence-corrected chi connectivity index (χ0v) is 11.5. The molecule has 4 nitrogen and oxygen atoms in total. The van der Waals surface area contributed by atoms with Gasteiger partial charge in [0, 0.05) is 24.3 Å². The summed E-state index contributed by atoms with van der Waals surface area (Å²) in [6.45, 7) is 5.63. The van der Waals surface area contributed by atoms with E-state index in [-0.39, 0.29) is 0 Å². The van der Waals surface area contributed by atoms with Crippen LogP contribution < -0.4 is 11.1 Å². The average molecular weight is 264 g/mol. The molecule has 0 amide bonds. The third kappa shape index (κ3) is 3.40. The van der Waals surface area contributed by atoms with Crippen molar-refractivity contribution in [2.75, 3.05) is 25.0 Å². The molecule has 18 heavy (non-hydrogen) atoms. The Kier molecular flexibility index (Phi) is 4.49. The molecule has 0 aromatic carbocycles. The van der Waals surface area contributed by atoms with E-state index < -0.39 is 0 Å². The van der Waals surface area contributed by atoms with Crippen LogP contribution in [0.2, 0.25) is 0 Å². The Labute approximate surface area is 114 Å². The standard InChI is InChI=1S/C13H20N4S/c1-2-17-7-3-4-11(9-17)16-12-6-5-10(8-15-12)13(14)18/h5-6,8,11H,2-4,7,9H2,1H3,(H2,14,18)(H,15,16). The van der Waals surface area contributed by atoms with Gasteiger partial charge >= 0.3 is 0 Å². The highest BCUT2D eigenvalue weighted by Crippen LogP contribution is 2.14. The summed E-state index contributed by atoms with van der Waals surface area (Å²) >= 11 is 4.91. The molecular formula is C13H20N4S. The molecule has 1 fully saturated rings.